The van der Waals surface area contributed by atoms with Gasteiger partial charge < -0.3 is 19.8 Å². The van der Waals surface area contributed by atoms with Crippen LogP contribution in [0.1, 0.15) is 11.1 Å². The van der Waals surface area contributed by atoms with Crippen LogP contribution in [0.4, 0.5) is 23.0 Å². The molecule has 0 saturated heterocycles. The molecule has 2 aliphatic rings. The van der Waals surface area contributed by atoms with Crippen molar-refractivity contribution in [2.75, 3.05) is 10.6 Å². The number of hydrogen-bond acceptors (Lipinski definition) is 4. The first-order chi connectivity index (χ1) is 40.6. The zero-order valence-electron chi connectivity index (χ0n) is 44.1. The van der Waals surface area contributed by atoms with Crippen molar-refractivity contribution >= 4 is 99.8 Å². The van der Waals surface area contributed by atoms with Crippen LogP contribution >= 0.6 is 0 Å². The van der Waals surface area contributed by atoms with Gasteiger partial charge in [0.05, 0.1) is 22.1 Å². The number of amidine groups is 2. The largest absolute Gasteiger partial charge is 0.339 e. The van der Waals surface area contributed by atoms with E-state index in [9.17, 15) is 0 Å². The first-order valence-electron chi connectivity index (χ1n) is 27.7. The summed E-state index contributed by atoms with van der Waals surface area (Å²) in [5.41, 5.74) is 20.0. The Labute approximate surface area is 471 Å². The Hall–Kier alpha value is -11.2. The molecule has 15 aromatic rings. The van der Waals surface area contributed by atoms with E-state index in [2.05, 4.69) is 262 Å². The van der Waals surface area contributed by atoms with E-state index in [0.29, 0.717) is 11.6 Å². The molecule has 82 heavy (non-hydrogen) atoms. The van der Waals surface area contributed by atoms with Crippen molar-refractivity contribution in [3.63, 3.8) is 0 Å². The molecule has 0 saturated carbocycles. The lowest BCUT2D eigenvalue weighted by Gasteiger charge is -2.10. The van der Waals surface area contributed by atoms with Crippen molar-refractivity contribution in [3.05, 3.63) is 278 Å². The van der Waals surface area contributed by atoms with Gasteiger partial charge in [-0.05, 0) is 141 Å². The number of fused-ring (bicyclic) bond motifs is 6. The molecular weight excluding hydrogens is 1000 g/mol. The smallest absolute Gasteiger partial charge is 0.154 e. The van der Waals surface area contributed by atoms with Gasteiger partial charge in [-0.2, -0.15) is 0 Å². The van der Waals surface area contributed by atoms with Crippen LogP contribution in [0.3, 0.4) is 0 Å². The summed E-state index contributed by atoms with van der Waals surface area (Å²) < 4.78 is 4.68. The quantitative estimate of drug-likeness (QED) is 0.159. The zero-order chi connectivity index (χ0) is 53.8. The Bertz CT molecular complexity index is 4730. The minimum Gasteiger partial charge on any atom is -0.339 e. The van der Waals surface area contributed by atoms with Gasteiger partial charge in [-0.25, -0.2) is 20.0 Å². The van der Waals surface area contributed by atoms with Gasteiger partial charge in [-0.15, -0.1) is 0 Å². The number of nitrogens with zero attached hydrogens (tertiary/aromatic N) is 6. The second-order valence-corrected chi connectivity index (χ2v) is 21.2. The summed E-state index contributed by atoms with van der Waals surface area (Å²) in [5.74, 6) is 2.88. The van der Waals surface area contributed by atoms with E-state index >= 15 is 0 Å². The van der Waals surface area contributed by atoms with Crippen molar-refractivity contribution in [1.82, 2.24) is 19.1 Å². The number of para-hydroxylation sites is 4. The molecule has 8 heteroatoms. The molecule has 4 aromatic heterocycles. The molecule has 0 atom stereocenters. The number of rotatable bonds is 8. The maximum absolute atomic E-state index is 5.06. The van der Waals surface area contributed by atoms with E-state index in [4.69, 9.17) is 20.0 Å². The van der Waals surface area contributed by atoms with E-state index in [1.165, 1.54) is 43.6 Å². The fourth-order valence-electron chi connectivity index (χ4n) is 12.7. The topological polar surface area (TPSA) is 84.4 Å². The molecule has 8 nitrogen and oxygen atoms in total. The Morgan fingerprint density at radius 1 is 0.293 bits per heavy atom. The minimum absolute atomic E-state index is 0.647. The highest BCUT2D eigenvalue weighted by molar-refractivity contribution is 6.28. The number of nitrogens with one attached hydrogen (secondary N) is 2. The number of pyridine rings is 2. The molecule has 11 aromatic carbocycles. The zero-order valence-corrected chi connectivity index (χ0v) is 44.1. The molecule has 17 rings (SSSR count). The summed E-state index contributed by atoms with van der Waals surface area (Å²) in [6.45, 7) is 0. The molecule has 2 aliphatic heterocycles. The SMILES string of the molecule is c1cc2c3c(cc(-c4ccc(-c5cc6c7c(cccc7c5)/C(=N/c5ccc(-c7ccc(-n8c9ccccc9c9ccccc98)cc7)cn5)N6)cc4)cc3c1)N/C2=N\c1ccc(-c2ccc(-n3c4ccccc4c4ccccc43)cc2)cn1. The molecule has 382 valence electrons. The van der Waals surface area contributed by atoms with Crippen molar-refractivity contribution in [2.24, 2.45) is 9.98 Å². The maximum atomic E-state index is 5.06. The molecule has 0 unspecified atom stereocenters. The molecule has 0 radical (unpaired) electrons. The third-order valence-electron chi connectivity index (χ3n) is 16.5. The fourth-order valence-corrected chi connectivity index (χ4v) is 12.7. The molecule has 2 N–H and O–H groups in total. The van der Waals surface area contributed by atoms with Crippen LogP contribution in [0.2, 0.25) is 0 Å². The molecule has 0 amide bonds. The van der Waals surface area contributed by atoms with Gasteiger partial charge in [0.2, 0.25) is 0 Å². The number of aliphatic imine (C=N–C) groups is 2. The van der Waals surface area contributed by atoms with E-state index < -0.39 is 0 Å². The molecule has 0 aliphatic carbocycles. The van der Waals surface area contributed by atoms with E-state index in [1.54, 1.807) is 0 Å². The highest BCUT2D eigenvalue weighted by Crippen LogP contribution is 2.42. The van der Waals surface area contributed by atoms with Gasteiger partial charge in [0.15, 0.2) is 11.6 Å². The minimum atomic E-state index is 0.647. The second kappa shape index (κ2) is 18.2. The molecule has 0 fully saturated rings. The number of anilines is 2. The molecule has 6 heterocycles. The Morgan fingerprint density at radius 3 is 1.00 bits per heavy atom. The lowest BCUT2D eigenvalue weighted by molar-refractivity contribution is 1.18. The van der Waals surface area contributed by atoms with Gasteiger partial charge in [-0.3, -0.25) is 0 Å². The summed E-state index contributed by atoms with van der Waals surface area (Å²) in [6, 6.07) is 90.8. The van der Waals surface area contributed by atoms with Crippen LogP contribution in [0.5, 0.6) is 0 Å². The number of benzene rings is 11. The highest BCUT2D eigenvalue weighted by Gasteiger charge is 2.24. The summed E-state index contributed by atoms with van der Waals surface area (Å²) >= 11 is 0. The fraction of sp³-hybridized carbons (Fsp3) is 0. The lowest BCUT2D eigenvalue weighted by Crippen LogP contribution is -2.06. The Balaban J connectivity index is 0.590. The van der Waals surface area contributed by atoms with E-state index in [0.717, 1.165) is 112 Å². The summed E-state index contributed by atoms with van der Waals surface area (Å²) in [5, 5.41) is 17.0. The maximum Gasteiger partial charge on any atom is 0.154 e. The van der Waals surface area contributed by atoms with E-state index in [1.807, 2.05) is 24.5 Å². The summed E-state index contributed by atoms with van der Waals surface area (Å²) in [7, 11) is 0. The van der Waals surface area contributed by atoms with Crippen LogP contribution in [0, 0.1) is 0 Å². The summed E-state index contributed by atoms with van der Waals surface area (Å²) in [4.78, 5) is 19.8. The average molecular weight is 1050 g/mol. The predicted octanol–water partition coefficient (Wildman–Crippen LogP) is 18.7. The van der Waals surface area contributed by atoms with Crippen molar-refractivity contribution in [1.29, 1.82) is 0 Å². The van der Waals surface area contributed by atoms with E-state index in [-0.39, 0.29) is 0 Å². The van der Waals surface area contributed by atoms with Crippen LogP contribution in [0.25, 0.3) is 121 Å². The molecule has 0 bridgehead atoms. The van der Waals surface area contributed by atoms with Gasteiger partial charge in [0, 0.05) is 89.7 Å². The van der Waals surface area contributed by atoms with Crippen LogP contribution in [-0.4, -0.2) is 30.8 Å². The summed E-state index contributed by atoms with van der Waals surface area (Å²) in [6.07, 6.45) is 3.83. The Morgan fingerprint density at radius 2 is 0.634 bits per heavy atom. The van der Waals surface area contributed by atoms with Gasteiger partial charge in [0.25, 0.3) is 0 Å². The normalized spacial score (nSPS) is 13.6. The average Bonchev–Trinajstić information content (AvgIpc) is 4.47. The standard InChI is InChI=1S/C74H46N8/c1-5-19-65-57(13-1)58-14-2-6-20-66(58)81(65)55-33-27-45(28-34-55)51-31-37-69(75-43-51)79-73-61-17-9-11-49-39-53(41-63(77-73)71(49)61)47-23-25-48(26-24-47)54-40-50-12-10-18-62-72(50)64(42-54)78-74(62)80-70-38-32-52(44-76-70)46-29-35-56(36-30-46)82-67-21-7-3-15-59(67)60-16-4-8-22-68(60)82/h1-44H,(H,75,77,79)(H,76,78,80). The van der Waals surface area contributed by atoms with Crippen LogP contribution < -0.4 is 10.6 Å². The first-order valence-corrected chi connectivity index (χ1v) is 27.7. The van der Waals surface area contributed by atoms with Crippen molar-refractivity contribution < 1.29 is 0 Å². The third-order valence-corrected chi connectivity index (χ3v) is 16.5. The van der Waals surface area contributed by atoms with Crippen molar-refractivity contribution in [2.45, 2.75) is 0 Å². The Kier molecular flexibility index (Phi) is 10.1. The lowest BCUT2D eigenvalue weighted by atomic mass is 9.95. The number of aromatic nitrogens is 4. The monoisotopic (exact) mass is 1050 g/mol. The van der Waals surface area contributed by atoms with Crippen molar-refractivity contribution in [3.8, 4) is 55.9 Å². The molecular formula is C74H46N8. The van der Waals surface area contributed by atoms with Crippen LogP contribution in [-0.2, 0) is 0 Å². The van der Waals surface area contributed by atoms with Gasteiger partial charge >= 0.3 is 0 Å². The van der Waals surface area contributed by atoms with Gasteiger partial charge in [-0.1, -0.05) is 158 Å². The first kappa shape index (κ1) is 45.8. The van der Waals surface area contributed by atoms with Crippen LogP contribution in [0.15, 0.2) is 277 Å². The second-order valence-electron chi connectivity index (χ2n) is 21.2. The van der Waals surface area contributed by atoms with Gasteiger partial charge in [0.1, 0.15) is 11.7 Å². The molecule has 0 spiro atoms. The predicted molar refractivity (Wildman–Crippen MR) is 340 cm³/mol. The highest BCUT2D eigenvalue weighted by atomic mass is 15.1. The number of hydrogen-bond donors (Lipinski definition) is 2. The third kappa shape index (κ3) is 7.39.